The Kier molecular flexibility index (Phi) is 6.81. The summed E-state index contributed by atoms with van der Waals surface area (Å²) < 4.78 is 21.6. The van der Waals surface area contributed by atoms with E-state index in [2.05, 4.69) is 19.2 Å². The van der Waals surface area contributed by atoms with E-state index < -0.39 is 9.84 Å². The van der Waals surface area contributed by atoms with Crippen molar-refractivity contribution in [3.05, 3.63) is 0 Å². The third-order valence-electron chi connectivity index (χ3n) is 1.54. The van der Waals surface area contributed by atoms with Crippen molar-refractivity contribution in [3.63, 3.8) is 0 Å². The first-order valence-corrected chi connectivity index (χ1v) is 7.66. The molecule has 3 nitrogen and oxygen atoms in total. The van der Waals surface area contributed by atoms with Crippen molar-refractivity contribution >= 4 is 21.6 Å². The Balaban J connectivity index is 3.42. The van der Waals surface area contributed by atoms with Crippen molar-refractivity contribution < 1.29 is 8.42 Å². The molecule has 0 aliphatic carbocycles. The highest BCUT2D eigenvalue weighted by molar-refractivity contribution is 7.99. The van der Waals surface area contributed by atoms with Crippen molar-refractivity contribution in [1.29, 1.82) is 0 Å². The number of rotatable bonds is 7. The normalized spacial score (nSPS) is 14.4. The molecule has 0 aliphatic heterocycles. The molecule has 0 amide bonds. The molecule has 0 fully saturated rings. The molecule has 0 heterocycles. The number of sulfone groups is 1. The van der Waals surface area contributed by atoms with Crippen LogP contribution in [0.2, 0.25) is 0 Å². The molecule has 1 unspecified atom stereocenters. The molecule has 1 N–H and O–H groups in total. The molecule has 0 aliphatic rings. The fourth-order valence-corrected chi connectivity index (χ4v) is 2.04. The minimum Gasteiger partial charge on any atom is -0.312 e. The third kappa shape index (κ3) is 10.2. The van der Waals surface area contributed by atoms with Gasteiger partial charge >= 0.3 is 0 Å². The van der Waals surface area contributed by atoms with E-state index in [-0.39, 0.29) is 5.75 Å². The van der Waals surface area contributed by atoms with E-state index in [1.807, 2.05) is 11.8 Å². The van der Waals surface area contributed by atoms with E-state index >= 15 is 0 Å². The largest absolute Gasteiger partial charge is 0.312 e. The highest BCUT2D eigenvalue weighted by Gasteiger charge is 2.04. The minimum atomic E-state index is -2.81. The summed E-state index contributed by atoms with van der Waals surface area (Å²) >= 11 is 1.86. The van der Waals surface area contributed by atoms with Gasteiger partial charge in [-0.15, -0.1) is 0 Å². The molecular weight excluding hydrogens is 206 g/mol. The summed E-state index contributed by atoms with van der Waals surface area (Å²) in [6.45, 7) is 4.75. The Morgan fingerprint density at radius 2 is 2.08 bits per heavy atom. The minimum absolute atomic E-state index is 0.230. The Morgan fingerprint density at radius 1 is 1.46 bits per heavy atom. The van der Waals surface area contributed by atoms with Crippen LogP contribution in [-0.4, -0.2) is 44.5 Å². The van der Waals surface area contributed by atoms with Crippen molar-refractivity contribution in [3.8, 4) is 0 Å². The Bertz CT molecular complexity index is 214. The number of hydrogen-bond acceptors (Lipinski definition) is 4. The summed E-state index contributed by atoms with van der Waals surface area (Å²) in [7, 11) is -2.81. The third-order valence-corrected chi connectivity index (χ3v) is 3.63. The smallest absolute Gasteiger partial charge is 0.148 e. The molecule has 0 rings (SSSR count). The zero-order valence-corrected chi connectivity index (χ0v) is 10.2. The van der Waals surface area contributed by atoms with Gasteiger partial charge in [-0.3, -0.25) is 0 Å². The van der Waals surface area contributed by atoms with Crippen LogP contribution in [0.3, 0.4) is 0 Å². The summed E-state index contributed by atoms with van der Waals surface area (Å²) in [6, 6.07) is 0.395. The molecule has 5 heteroatoms. The maximum Gasteiger partial charge on any atom is 0.148 e. The van der Waals surface area contributed by atoms with E-state index in [1.54, 1.807) is 0 Å². The van der Waals surface area contributed by atoms with Crippen LogP contribution in [-0.2, 0) is 9.84 Å². The summed E-state index contributed by atoms with van der Waals surface area (Å²) in [5.74, 6) is 2.38. The molecule has 1 atom stereocenters. The van der Waals surface area contributed by atoms with Gasteiger partial charge in [-0.25, -0.2) is 8.42 Å². The molecule has 0 aromatic rings. The maximum atomic E-state index is 10.8. The molecule has 80 valence electrons. The number of thioether (sulfide) groups is 1. The van der Waals surface area contributed by atoms with Gasteiger partial charge in [0.15, 0.2) is 0 Å². The van der Waals surface area contributed by atoms with Crippen LogP contribution >= 0.6 is 11.8 Å². The van der Waals surface area contributed by atoms with Crippen LogP contribution < -0.4 is 5.32 Å². The fourth-order valence-electron chi connectivity index (χ4n) is 0.844. The van der Waals surface area contributed by atoms with Gasteiger partial charge in [0.05, 0.1) is 5.75 Å². The van der Waals surface area contributed by atoms with Gasteiger partial charge in [0, 0.05) is 24.6 Å². The second-order valence-corrected chi connectivity index (χ2v) is 6.72. The summed E-state index contributed by atoms with van der Waals surface area (Å²) in [5, 5.41) is 3.17. The first-order valence-electron chi connectivity index (χ1n) is 4.44. The van der Waals surface area contributed by atoms with Crippen molar-refractivity contribution in [1.82, 2.24) is 5.32 Å². The lowest BCUT2D eigenvalue weighted by atomic mass is 10.4. The maximum absolute atomic E-state index is 10.8. The second-order valence-electron chi connectivity index (χ2n) is 3.14. The SMILES string of the molecule is CCSCC(C)NCCS(C)(=O)=O. The molecule has 0 aromatic carbocycles. The van der Waals surface area contributed by atoms with E-state index in [0.717, 1.165) is 11.5 Å². The van der Waals surface area contributed by atoms with Gasteiger partial charge in [0.2, 0.25) is 0 Å². The predicted octanol–water partition coefficient (Wildman–Crippen LogP) is 0.762. The lowest BCUT2D eigenvalue weighted by Gasteiger charge is -2.11. The van der Waals surface area contributed by atoms with E-state index in [9.17, 15) is 8.42 Å². The van der Waals surface area contributed by atoms with Crippen molar-refractivity contribution in [2.45, 2.75) is 19.9 Å². The van der Waals surface area contributed by atoms with Gasteiger partial charge in [-0.05, 0) is 12.7 Å². The van der Waals surface area contributed by atoms with Crippen LogP contribution in [0.25, 0.3) is 0 Å². The van der Waals surface area contributed by atoms with Crippen LogP contribution in [0.5, 0.6) is 0 Å². The molecular formula is C8H19NO2S2. The average molecular weight is 225 g/mol. The second kappa shape index (κ2) is 6.68. The number of hydrogen-bond donors (Lipinski definition) is 1. The van der Waals surface area contributed by atoms with E-state index in [1.165, 1.54) is 6.26 Å². The highest BCUT2D eigenvalue weighted by atomic mass is 32.2. The van der Waals surface area contributed by atoms with Crippen LogP contribution in [0.1, 0.15) is 13.8 Å². The summed E-state index contributed by atoms with van der Waals surface area (Å²) in [6.07, 6.45) is 1.26. The van der Waals surface area contributed by atoms with Gasteiger partial charge < -0.3 is 5.32 Å². The monoisotopic (exact) mass is 225 g/mol. The lowest BCUT2D eigenvalue weighted by Crippen LogP contribution is -2.32. The van der Waals surface area contributed by atoms with Crippen LogP contribution in [0.4, 0.5) is 0 Å². The number of nitrogens with one attached hydrogen (secondary N) is 1. The molecule has 0 radical (unpaired) electrons. The first kappa shape index (κ1) is 13.3. The van der Waals surface area contributed by atoms with Gasteiger partial charge in [-0.2, -0.15) is 11.8 Å². The zero-order valence-electron chi connectivity index (χ0n) is 8.54. The Morgan fingerprint density at radius 3 is 2.54 bits per heavy atom. The molecule has 0 saturated heterocycles. The predicted molar refractivity (Wildman–Crippen MR) is 60.2 cm³/mol. The van der Waals surface area contributed by atoms with Crippen LogP contribution in [0.15, 0.2) is 0 Å². The zero-order chi connectivity index (χ0) is 10.3. The summed E-state index contributed by atoms with van der Waals surface area (Å²) in [5.41, 5.74) is 0. The van der Waals surface area contributed by atoms with Crippen molar-refractivity contribution in [2.75, 3.05) is 30.1 Å². The van der Waals surface area contributed by atoms with Gasteiger partial charge in [0.1, 0.15) is 9.84 Å². The standard InChI is InChI=1S/C8H19NO2S2/c1-4-12-7-8(2)9-5-6-13(3,10)11/h8-9H,4-7H2,1-3H3. The Hall–Kier alpha value is 0.260. The van der Waals surface area contributed by atoms with E-state index in [0.29, 0.717) is 12.6 Å². The van der Waals surface area contributed by atoms with Crippen molar-refractivity contribution in [2.24, 2.45) is 0 Å². The molecule has 0 spiro atoms. The fraction of sp³-hybridized carbons (Fsp3) is 1.00. The topological polar surface area (TPSA) is 46.2 Å². The lowest BCUT2D eigenvalue weighted by molar-refractivity contribution is 0.584. The molecule has 0 saturated carbocycles. The highest BCUT2D eigenvalue weighted by Crippen LogP contribution is 2.00. The molecule has 13 heavy (non-hydrogen) atoms. The van der Waals surface area contributed by atoms with Crippen LogP contribution in [0, 0.1) is 0 Å². The average Bonchev–Trinajstić information content (AvgIpc) is 1.98. The van der Waals surface area contributed by atoms with Gasteiger partial charge in [0.25, 0.3) is 0 Å². The molecule has 0 bridgehead atoms. The molecule has 0 aromatic heterocycles. The van der Waals surface area contributed by atoms with E-state index in [4.69, 9.17) is 0 Å². The van der Waals surface area contributed by atoms with Gasteiger partial charge in [-0.1, -0.05) is 6.92 Å². The first-order chi connectivity index (χ1) is 5.95. The summed E-state index contributed by atoms with van der Waals surface area (Å²) in [4.78, 5) is 0. The quantitative estimate of drug-likeness (QED) is 0.695. The Labute approximate surface area is 85.6 Å².